The fourth-order valence-corrected chi connectivity index (χ4v) is 3.72. The molecule has 0 aromatic heterocycles. The van der Waals surface area contributed by atoms with Gasteiger partial charge in [-0.3, -0.25) is 14.4 Å². The van der Waals surface area contributed by atoms with Gasteiger partial charge in [0.1, 0.15) is 17.7 Å². The highest BCUT2D eigenvalue weighted by molar-refractivity contribution is 5.95. The average Bonchev–Trinajstić information content (AvgIpc) is 2.80. The smallest absolute Gasteiger partial charge is 0.408 e. The van der Waals surface area contributed by atoms with Crippen molar-refractivity contribution in [3.63, 3.8) is 0 Å². The van der Waals surface area contributed by atoms with Gasteiger partial charge in [0.15, 0.2) is 0 Å². The third-order valence-electron chi connectivity index (χ3n) is 5.95. The van der Waals surface area contributed by atoms with Crippen LogP contribution in [0.15, 0.2) is 30.8 Å². The molecule has 2 atom stereocenters. The molecule has 0 bridgehead atoms. The van der Waals surface area contributed by atoms with Crippen LogP contribution in [0.4, 0.5) is 4.79 Å². The molecule has 0 aliphatic rings. The number of ether oxygens (including phenoxy) is 1. The standard InChI is InChI=1S/C28H44N4O5/c1-9-12-16-30-24(34)23(20-15-13-14-19(10-2)17-20)32(28(7,8)11-3)25(35)21(18-22(29)33)31-26(36)37-27(4,5)6/h10,13-15,17,21,23H,2,9,11-12,16,18H2,1,3-8H3,(H2,29,33)(H,30,34)(H,31,36). The van der Waals surface area contributed by atoms with E-state index in [4.69, 9.17) is 10.5 Å². The molecule has 0 heterocycles. The highest BCUT2D eigenvalue weighted by atomic mass is 16.6. The highest BCUT2D eigenvalue weighted by Crippen LogP contribution is 2.33. The second-order valence-electron chi connectivity index (χ2n) is 10.7. The summed E-state index contributed by atoms with van der Waals surface area (Å²) < 4.78 is 5.32. The van der Waals surface area contributed by atoms with Crippen molar-refractivity contribution in [3.8, 4) is 0 Å². The molecular formula is C28H44N4O5. The number of carbonyl (C=O) groups excluding carboxylic acids is 4. The van der Waals surface area contributed by atoms with Gasteiger partial charge in [0.25, 0.3) is 0 Å². The van der Waals surface area contributed by atoms with Crippen LogP contribution < -0.4 is 16.4 Å². The molecule has 9 heteroatoms. The molecule has 0 saturated carbocycles. The first-order valence-corrected chi connectivity index (χ1v) is 12.8. The Balaban J connectivity index is 3.66. The van der Waals surface area contributed by atoms with Gasteiger partial charge in [0.2, 0.25) is 17.7 Å². The van der Waals surface area contributed by atoms with Gasteiger partial charge in [-0.1, -0.05) is 51.1 Å². The quantitative estimate of drug-likeness (QED) is 0.340. The van der Waals surface area contributed by atoms with E-state index in [-0.39, 0.29) is 5.91 Å². The second-order valence-corrected chi connectivity index (χ2v) is 10.7. The maximum atomic E-state index is 14.1. The van der Waals surface area contributed by atoms with Crippen LogP contribution in [0.2, 0.25) is 0 Å². The minimum absolute atomic E-state index is 0.361. The molecular weight excluding hydrogens is 472 g/mol. The summed E-state index contributed by atoms with van der Waals surface area (Å²) in [5.41, 5.74) is 5.16. The van der Waals surface area contributed by atoms with Crippen LogP contribution in [-0.2, 0) is 19.1 Å². The van der Waals surface area contributed by atoms with Crippen LogP contribution in [0.1, 0.15) is 91.3 Å². The van der Waals surface area contributed by atoms with Crippen molar-refractivity contribution in [2.45, 2.75) is 97.4 Å². The lowest BCUT2D eigenvalue weighted by molar-refractivity contribution is -0.150. The molecule has 206 valence electrons. The lowest BCUT2D eigenvalue weighted by Gasteiger charge is -2.44. The van der Waals surface area contributed by atoms with Crippen LogP contribution in [-0.4, -0.2) is 52.4 Å². The number of nitrogens with zero attached hydrogens (tertiary/aromatic N) is 1. The summed E-state index contributed by atoms with van der Waals surface area (Å²) >= 11 is 0. The predicted molar refractivity (Wildman–Crippen MR) is 145 cm³/mol. The average molecular weight is 517 g/mol. The van der Waals surface area contributed by atoms with Gasteiger partial charge in [0.05, 0.1) is 6.42 Å². The van der Waals surface area contributed by atoms with E-state index in [0.717, 1.165) is 18.4 Å². The molecule has 0 fully saturated rings. The maximum absolute atomic E-state index is 14.1. The molecule has 37 heavy (non-hydrogen) atoms. The predicted octanol–water partition coefficient (Wildman–Crippen LogP) is 4.07. The number of benzene rings is 1. The van der Waals surface area contributed by atoms with E-state index in [0.29, 0.717) is 18.5 Å². The van der Waals surface area contributed by atoms with Gasteiger partial charge >= 0.3 is 6.09 Å². The molecule has 0 saturated heterocycles. The first kappa shape index (κ1) is 31.7. The molecule has 4 amide bonds. The lowest BCUT2D eigenvalue weighted by Crippen LogP contribution is -2.60. The van der Waals surface area contributed by atoms with E-state index >= 15 is 0 Å². The topological polar surface area (TPSA) is 131 Å². The van der Waals surface area contributed by atoms with Gasteiger partial charge in [-0.05, 0) is 64.7 Å². The Labute approximate surface area is 221 Å². The molecule has 0 aliphatic heterocycles. The Morgan fingerprint density at radius 2 is 1.78 bits per heavy atom. The minimum Gasteiger partial charge on any atom is -0.444 e. The summed E-state index contributed by atoms with van der Waals surface area (Å²) in [5, 5.41) is 5.44. The van der Waals surface area contributed by atoms with E-state index < -0.39 is 47.6 Å². The number of nitrogens with one attached hydrogen (secondary N) is 2. The third-order valence-corrected chi connectivity index (χ3v) is 5.95. The van der Waals surface area contributed by atoms with E-state index in [1.165, 1.54) is 4.90 Å². The number of amides is 4. The van der Waals surface area contributed by atoms with E-state index in [2.05, 4.69) is 17.2 Å². The summed E-state index contributed by atoms with van der Waals surface area (Å²) in [4.78, 5) is 53.7. The summed E-state index contributed by atoms with van der Waals surface area (Å²) in [6.45, 7) is 16.9. The van der Waals surface area contributed by atoms with E-state index in [1.54, 1.807) is 45.0 Å². The Kier molecular flexibility index (Phi) is 11.8. The van der Waals surface area contributed by atoms with Crippen molar-refractivity contribution in [1.29, 1.82) is 0 Å². The number of hydrogen-bond acceptors (Lipinski definition) is 5. The molecule has 9 nitrogen and oxygen atoms in total. The Bertz CT molecular complexity index is 968. The minimum atomic E-state index is -1.33. The Morgan fingerprint density at radius 1 is 1.14 bits per heavy atom. The summed E-state index contributed by atoms with van der Waals surface area (Å²) in [7, 11) is 0. The van der Waals surface area contributed by atoms with Crippen LogP contribution in [0, 0.1) is 0 Å². The van der Waals surface area contributed by atoms with Crippen LogP contribution in [0.5, 0.6) is 0 Å². The molecule has 2 unspecified atom stereocenters. The summed E-state index contributed by atoms with van der Waals surface area (Å²) in [5.74, 6) is -1.75. The van der Waals surface area contributed by atoms with Crippen LogP contribution >= 0.6 is 0 Å². The normalized spacial score (nSPS) is 13.2. The SMILES string of the molecule is C=Cc1cccc(C(C(=O)NCCCC)N(C(=O)C(CC(N)=O)NC(=O)OC(C)(C)C)C(C)(C)CC)c1. The third kappa shape index (κ3) is 9.90. The number of carbonyl (C=O) groups is 4. The number of unbranched alkanes of at least 4 members (excludes halogenated alkanes) is 1. The van der Waals surface area contributed by atoms with Crippen molar-refractivity contribution >= 4 is 29.9 Å². The van der Waals surface area contributed by atoms with Crippen molar-refractivity contribution in [2.24, 2.45) is 5.73 Å². The number of rotatable bonds is 13. The fraction of sp³-hybridized carbons (Fsp3) is 0.571. The Hall–Kier alpha value is -3.36. The molecule has 0 aliphatic carbocycles. The zero-order valence-electron chi connectivity index (χ0n) is 23.3. The number of hydrogen-bond donors (Lipinski definition) is 3. The molecule has 0 radical (unpaired) electrons. The van der Waals surface area contributed by atoms with Gasteiger partial charge in [-0.15, -0.1) is 0 Å². The molecule has 4 N–H and O–H groups in total. The summed E-state index contributed by atoms with van der Waals surface area (Å²) in [6, 6.07) is 4.85. The molecule has 1 aromatic rings. The van der Waals surface area contributed by atoms with Gasteiger partial charge in [0, 0.05) is 12.1 Å². The first-order chi connectivity index (χ1) is 17.2. The first-order valence-electron chi connectivity index (χ1n) is 12.8. The maximum Gasteiger partial charge on any atom is 0.408 e. The summed E-state index contributed by atoms with van der Waals surface area (Å²) in [6.07, 6.45) is 2.51. The van der Waals surface area contributed by atoms with E-state index in [9.17, 15) is 19.2 Å². The lowest BCUT2D eigenvalue weighted by atomic mass is 9.91. The zero-order chi connectivity index (χ0) is 28.4. The van der Waals surface area contributed by atoms with Gasteiger partial charge in [-0.2, -0.15) is 0 Å². The molecule has 0 spiro atoms. The van der Waals surface area contributed by atoms with Crippen molar-refractivity contribution in [3.05, 3.63) is 42.0 Å². The van der Waals surface area contributed by atoms with Gasteiger partial charge < -0.3 is 26.0 Å². The van der Waals surface area contributed by atoms with Crippen LogP contribution in [0.25, 0.3) is 6.08 Å². The number of nitrogens with two attached hydrogens (primary N) is 1. The van der Waals surface area contributed by atoms with Crippen molar-refractivity contribution in [2.75, 3.05) is 6.54 Å². The van der Waals surface area contributed by atoms with Gasteiger partial charge in [-0.25, -0.2) is 4.79 Å². The molecule has 1 rings (SSSR count). The zero-order valence-corrected chi connectivity index (χ0v) is 23.3. The number of primary amides is 1. The van der Waals surface area contributed by atoms with Crippen LogP contribution in [0.3, 0.4) is 0 Å². The largest absolute Gasteiger partial charge is 0.444 e. The van der Waals surface area contributed by atoms with Crippen molar-refractivity contribution < 1.29 is 23.9 Å². The Morgan fingerprint density at radius 3 is 2.30 bits per heavy atom. The monoisotopic (exact) mass is 516 g/mol. The molecule has 1 aromatic carbocycles. The fourth-order valence-electron chi connectivity index (χ4n) is 3.72. The van der Waals surface area contributed by atoms with Crippen molar-refractivity contribution in [1.82, 2.24) is 15.5 Å². The second kappa shape index (κ2) is 13.8. The van der Waals surface area contributed by atoms with E-state index in [1.807, 2.05) is 33.8 Å². The highest BCUT2D eigenvalue weighted by Gasteiger charge is 2.43. The number of alkyl carbamates (subject to hydrolysis) is 1.